The molecule has 0 bridgehead atoms. The molecule has 1 saturated heterocycles. The number of nitrogens with one attached hydrogen (secondary N) is 1. The summed E-state index contributed by atoms with van der Waals surface area (Å²) < 4.78 is 0. The fraction of sp³-hybridized carbons (Fsp3) is 0.559. The molecule has 0 amide bonds. The van der Waals surface area contributed by atoms with Crippen LogP contribution in [0.2, 0.25) is 0 Å². The molecule has 2 heterocycles. The second-order valence-corrected chi connectivity index (χ2v) is 11.5. The molecule has 4 nitrogen and oxygen atoms in total. The first-order valence-corrected chi connectivity index (χ1v) is 15.2. The molecule has 3 N–H and O–H groups in total. The van der Waals surface area contributed by atoms with Crippen molar-refractivity contribution in [1.82, 2.24) is 10.2 Å². The Kier molecular flexibility index (Phi) is 10.6. The fourth-order valence-corrected chi connectivity index (χ4v) is 6.22. The molecule has 0 aromatic heterocycles. The number of nitrogens with zero attached hydrogens (tertiary/aromatic N) is 2. The van der Waals surface area contributed by atoms with Gasteiger partial charge in [0, 0.05) is 25.0 Å². The number of aliphatic imine (C=N–C) groups is 1. The third-order valence-electron chi connectivity index (χ3n) is 8.48. The third kappa shape index (κ3) is 7.36. The van der Waals surface area contributed by atoms with Gasteiger partial charge in [0.2, 0.25) is 0 Å². The highest BCUT2D eigenvalue weighted by atomic mass is 15.2. The summed E-state index contributed by atoms with van der Waals surface area (Å²) in [5.74, 6) is 1.88. The van der Waals surface area contributed by atoms with E-state index in [1.165, 1.54) is 73.0 Å². The SMILES string of the molecule is CCCCCC1=NC(c2ccc(C)cc2)=CC(CC)N1CC1CCCC(c2ccccc2C(C)N)CCN1. The molecule has 0 aliphatic carbocycles. The Hall–Kier alpha value is -2.43. The molecule has 0 spiro atoms. The second kappa shape index (κ2) is 14.1. The molecule has 2 aliphatic heterocycles. The summed E-state index contributed by atoms with van der Waals surface area (Å²) in [5, 5.41) is 3.95. The van der Waals surface area contributed by atoms with Crippen LogP contribution >= 0.6 is 0 Å². The number of benzene rings is 2. The molecule has 2 aromatic carbocycles. The lowest BCUT2D eigenvalue weighted by Crippen LogP contribution is -2.49. The van der Waals surface area contributed by atoms with E-state index in [1.54, 1.807) is 0 Å². The van der Waals surface area contributed by atoms with Crippen molar-refractivity contribution in [2.45, 2.75) is 110 Å². The zero-order valence-electron chi connectivity index (χ0n) is 24.3. The van der Waals surface area contributed by atoms with E-state index in [0.29, 0.717) is 18.0 Å². The van der Waals surface area contributed by atoms with E-state index < -0.39 is 0 Å². The minimum atomic E-state index is 0.0886. The number of hydrogen-bond donors (Lipinski definition) is 2. The highest BCUT2D eigenvalue weighted by molar-refractivity contribution is 5.90. The summed E-state index contributed by atoms with van der Waals surface area (Å²) in [5.41, 5.74) is 12.8. The van der Waals surface area contributed by atoms with Gasteiger partial charge < -0.3 is 16.0 Å². The predicted octanol–water partition coefficient (Wildman–Crippen LogP) is 7.74. The van der Waals surface area contributed by atoms with Crippen LogP contribution in [0.5, 0.6) is 0 Å². The van der Waals surface area contributed by atoms with Crippen molar-refractivity contribution in [1.29, 1.82) is 0 Å². The number of unbranched alkanes of at least 4 members (excludes halogenated alkanes) is 2. The van der Waals surface area contributed by atoms with Gasteiger partial charge in [0.15, 0.2) is 0 Å². The highest BCUT2D eigenvalue weighted by Crippen LogP contribution is 2.33. The number of rotatable bonds is 10. The van der Waals surface area contributed by atoms with Crippen molar-refractivity contribution >= 4 is 11.5 Å². The van der Waals surface area contributed by atoms with Gasteiger partial charge in [0.05, 0.1) is 11.7 Å². The molecular formula is C34H50N4. The van der Waals surface area contributed by atoms with Crippen molar-refractivity contribution in [3.8, 4) is 0 Å². The van der Waals surface area contributed by atoms with Crippen LogP contribution in [0.25, 0.3) is 5.70 Å². The van der Waals surface area contributed by atoms with Crippen LogP contribution in [0, 0.1) is 6.92 Å². The summed E-state index contributed by atoms with van der Waals surface area (Å²) in [6.45, 7) is 11.0. The van der Waals surface area contributed by atoms with Gasteiger partial charge in [-0.2, -0.15) is 0 Å². The molecule has 38 heavy (non-hydrogen) atoms. The largest absolute Gasteiger partial charge is 0.352 e. The van der Waals surface area contributed by atoms with E-state index in [1.807, 2.05) is 0 Å². The minimum Gasteiger partial charge on any atom is -0.352 e. The van der Waals surface area contributed by atoms with Gasteiger partial charge in [-0.05, 0) is 81.2 Å². The van der Waals surface area contributed by atoms with Crippen molar-refractivity contribution in [2.24, 2.45) is 10.7 Å². The van der Waals surface area contributed by atoms with Crippen molar-refractivity contribution in [3.05, 3.63) is 76.9 Å². The van der Waals surface area contributed by atoms with Gasteiger partial charge in [-0.3, -0.25) is 0 Å². The zero-order chi connectivity index (χ0) is 26.9. The number of amidine groups is 1. The van der Waals surface area contributed by atoms with Gasteiger partial charge in [-0.1, -0.05) is 87.2 Å². The number of hydrogen-bond acceptors (Lipinski definition) is 4. The normalized spacial score (nSPS) is 23.3. The van der Waals surface area contributed by atoms with E-state index in [0.717, 1.165) is 31.6 Å². The smallest absolute Gasteiger partial charge is 0.105 e. The molecule has 4 heteroatoms. The summed E-state index contributed by atoms with van der Waals surface area (Å²) in [4.78, 5) is 7.92. The Morgan fingerprint density at radius 3 is 2.55 bits per heavy atom. The molecule has 206 valence electrons. The first-order chi connectivity index (χ1) is 18.5. The Bertz CT molecular complexity index is 1060. The van der Waals surface area contributed by atoms with Crippen molar-refractivity contribution in [2.75, 3.05) is 13.1 Å². The first-order valence-electron chi connectivity index (χ1n) is 15.2. The van der Waals surface area contributed by atoms with Crippen LogP contribution in [0.4, 0.5) is 0 Å². The summed E-state index contributed by atoms with van der Waals surface area (Å²) >= 11 is 0. The Morgan fingerprint density at radius 2 is 1.82 bits per heavy atom. The van der Waals surface area contributed by atoms with Crippen LogP contribution in [0.1, 0.15) is 113 Å². The molecular weight excluding hydrogens is 464 g/mol. The molecule has 2 aliphatic rings. The van der Waals surface area contributed by atoms with Crippen LogP contribution < -0.4 is 11.1 Å². The van der Waals surface area contributed by atoms with Gasteiger partial charge in [0.1, 0.15) is 5.84 Å². The standard InChI is InChI=1S/C34H50N4/c1-5-7-8-16-34-37-33(28-19-17-25(3)18-20-28)23-30(6-2)38(34)24-29-13-11-12-27(21-22-36-29)32-15-10-9-14-31(32)26(4)35/h9-10,14-15,17-20,23,26-27,29-30,36H,5-8,11-13,16,21-22,24,35H2,1-4H3. The Balaban J connectivity index is 1.46. The average Bonchev–Trinajstić information content (AvgIpc) is 2.91. The van der Waals surface area contributed by atoms with Gasteiger partial charge in [-0.15, -0.1) is 0 Å². The zero-order valence-corrected chi connectivity index (χ0v) is 24.3. The Morgan fingerprint density at radius 1 is 1.03 bits per heavy atom. The third-order valence-corrected chi connectivity index (χ3v) is 8.48. The summed E-state index contributed by atoms with van der Waals surface area (Å²) in [6.07, 6.45) is 13.2. The molecule has 1 fully saturated rings. The average molecular weight is 515 g/mol. The van der Waals surface area contributed by atoms with Crippen LogP contribution in [-0.2, 0) is 0 Å². The quantitative estimate of drug-likeness (QED) is 0.319. The number of aryl methyl sites for hydroxylation is 1. The summed E-state index contributed by atoms with van der Waals surface area (Å²) in [7, 11) is 0. The lowest BCUT2D eigenvalue weighted by atomic mass is 9.84. The topological polar surface area (TPSA) is 53.6 Å². The van der Waals surface area contributed by atoms with E-state index in [4.69, 9.17) is 10.7 Å². The van der Waals surface area contributed by atoms with Crippen molar-refractivity contribution in [3.63, 3.8) is 0 Å². The predicted molar refractivity (Wildman–Crippen MR) is 164 cm³/mol. The minimum absolute atomic E-state index is 0.0886. The van der Waals surface area contributed by atoms with Crippen molar-refractivity contribution < 1.29 is 0 Å². The maximum Gasteiger partial charge on any atom is 0.105 e. The first kappa shape index (κ1) is 28.6. The molecule has 0 radical (unpaired) electrons. The van der Waals surface area contributed by atoms with Gasteiger partial charge in [0.25, 0.3) is 0 Å². The second-order valence-electron chi connectivity index (χ2n) is 11.5. The van der Waals surface area contributed by atoms with Crippen LogP contribution in [0.3, 0.4) is 0 Å². The monoisotopic (exact) mass is 514 g/mol. The lowest BCUT2D eigenvalue weighted by molar-refractivity contribution is 0.273. The highest BCUT2D eigenvalue weighted by Gasteiger charge is 2.28. The van der Waals surface area contributed by atoms with Crippen LogP contribution in [0.15, 0.2) is 59.6 Å². The van der Waals surface area contributed by atoms with E-state index in [9.17, 15) is 0 Å². The molecule has 4 rings (SSSR count). The van der Waals surface area contributed by atoms with E-state index in [-0.39, 0.29) is 6.04 Å². The lowest BCUT2D eigenvalue weighted by Gasteiger charge is -2.39. The van der Waals surface area contributed by atoms with Gasteiger partial charge in [-0.25, -0.2) is 4.99 Å². The van der Waals surface area contributed by atoms with Gasteiger partial charge >= 0.3 is 0 Å². The van der Waals surface area contributed by atoms with E-state index >= 15 is 0 Å². The summed E-state index contributed by atoms with van der Waals surface area (Å²) in [6, 6.07) is 18.7. The van der Waals surface area contributed by atoms with Crippen LogP contribution in [-0.4, -0.2) is 35.9 Å². The molecule has 0 saturated carbocycles. The molecule has 2 aromatic rings. The molecule has 4 unspecified atom stereocenters. The maximum absolute atomic E-state index is 6.32. The van der Waals surface area contributed by atoms with E-state index in [2.05, 4.69) is 92.5 Å². The maximum atomic E-state index is 6.32. The Labute approximate surface area is 231 Å². The fourth-order valence-electron chi connectivity index (χ4n) is 6.22. The number of nitrogens with two attached hydrogens (primary N) is 1. The molecule has 4 atom stereocenters.